The molecule has 0 fully saturated rings. The maximum atomic E-state index is 10.5. The predicted octanol–water partition coefficient (Wildman–Crippen LogP) is 7.93. The van der Waals surface area contributed by atoms with Gasteiger partial charge in [0.05, 0.1) is 16.8 Å². The van der Waals surface area contributed by atoms with Crippen LogP contribution >= 0.6 is 0 Å². The van der Waals surface area contributed by atoms with Gasteiger partial charge in [0.15, 0.2) is 0 Å². The van der Waals surface area contributed by atoms with Gasteiger partial charge in [-0.15, -0.1) is 0 Å². The Morgan fingerprint density at radius 2 is 1.71 bits per heavy atom. The number of benzene rings is 3. The first-order valence-electron chi connectivity index (χ1n) is 12.3. The van der Waals surface area contributed by atoms with E-state index in [0.29, 0.717) is 5.92 Å². The molecule has 2 heteroatoms. The Morgan fingerprint density at radius 3 is 2.50 bits per heavy atom. The van der Waals surface area contributed by atoms with Crippen molar-refractivity contribution in [1.29, 1.82) is 0 Å². The molecule has 1 N–H and O–H groups in total. The summed E-state index contributed by atoms with van der Waals surface area (Å²) in [5.74, 6) is 0.425. The summed E-state index contributed by atoms with van der Waals surface area (Å²) >= 11 is 0. The number of rotatable bonds is 8. The molecule has 0 amide bonds. The molecule has 0 radical (unpaired) electrons. The van der Waals surface area contributed by atoms with Crippen LogP contribution in [0.3, 0.4) is 0 Å². The number of aliphatic hydroxyl groups is 1. The number of aromatic nitrogens is 1. The lowest BCUT2D eigenvalue weighted by molar-refractivity contribution is 0.0775. The van der Waals surface area contributed by atoms with Gasteiger partial charge in [-0.3, -0.25) is 0 Å². The van der Waals surface area contributed by atoms with Crippen LogP contribution in [-0.4, -0.2) is 10.1 Å². The van der Waals surface area contributed by atoms with E-state index in [1.54, 1.807) is 0 Å². The summed E-state index contributed by atoms with van der Waals surface area (Å²) in [7, 11) is 0. The molecule has 1 aromatic heterocycles. The number of hydrogen-bond acceptors (Lipinski definition) is 2. The van der Waals surface area contributed by atoms with Crippen LogP contribution in [0.15, 0.2) is 78.9 Å². The van der Waals surface area contributed by atoms with E-state index in [1.165, 1.54) is 27.6 Å². The van der Waals surface area contributed by atoms with Crippen molar-refractivity contribution in [3.05, 3.63) is 112 Å². The zero-order valence-corrected chi connectivity index (χ0v) is 20.8. The van der Waals surface area contributed by atoms with Crippen molar-refractivity contribution >= 4 is 23.1 Å². The molecule has 4 aromatic rings. The van der Waals surface area contributed by atoms with E-state index in [1.807, 2.05) is 26.0 Å². The SMILES string of the molecule is CCc1ccc2ccc(/C=C/c3cccc([C@@H](C)CCc4ccccc4C(C)(C)O)c3)nc2c1. The first-order chi connectivity index (χ1) is 16.3. The van der Waals surface area contributed by atoms with Gasteiger partial charge in [-0.1, -0.05) is 86.7 Å². The fraction of sp³-hybridized carbons (Fsp3) is 0.281. The topological polar surface area (TPSA) is 33.1 Å². The molecule has 0 unspecified atom stereocenters. The van der Waals surface area contributed by atoms with Gasteiger partial charge in [0.25, 0.3) is 0 Å². The molecule has 0 aliphatic carbocycles. The van der Waals surface area contributed by atoms with Crippen LogP contribution in [-0.2, 0) is 18.4 Å². The number of hydrogen-bond donors (Lipinski definition) is 1. The summed E-state index contributed by atoms with van der Waals surface area (Å²) in [5, 5.41) is 11.7. The second kappa shape index (κ2) is 10.4. The van der Waals surface area contributed by atoms with Crippen LogP contribution in [0.2, 0.25) is 0 Å². The van der Waals surface area contributed by atoms with Crippen LogP contribution in [0.25, 0.3) is 23.1 Å². The minimum atomic E-state index is -0.820. The lowest BCUT2D eigenvalue weighted by atomic mass is 9.87. The van der Waals surface area contributed by atoms with E-state index in [-0.39, 0.29) is 0 Å². The molecule has 0 bridgehead atoms. The van der Waals surface area contributed by atoms with E-state index in [0.717, 1.165) is 36.0 Å². The molecular weight excluding hydrogens is 414 g/mol. The van der Waals surface area contributed by atoms with E-state index < -0.39 is 5.60 Å². The average Bonchev–Trinajstić information content (AvgIpc) is 2.85. The molecular formula is C32H35NO. The molecule has 174 valence electrons. The zero-order valence-electron chi connectivity index (χ0n) is 20.8. The fourth-order valence-electron chi connectivity index (χ4n) is 4.52. The van der Waals surface area contributed by atoms with Crippen molar-refractivity contribution in [3.8, 4) is 0 Å². The quantitative estimate of drug-likeness (QED) is 0.296. The Bertz CT molecular complexity index is 1300. The Kier molecular flexibility index (Phi) is 7.29. The third-order valence-electron chi connectivity index (χ3n) is 6.64. The molecule has 34 heavy (non-hydrogen) atoms. The molecule has 0 aliphatic heterocycles. The van der Waals surface area contributed by atoms with E-state index in [4.69, 9.17) is 4.98 Å². The summed E-state index contributed by atoms with van der Waals surface area (Å²) in [6.07, 6.45) is 7.25. The zero-order chi connectivity index (χ0) is 24.1. The van der Waals surface area contributed by atoms with Crippen LogP contribution < -0.4 is 0 Å². The Balaban J connectivity index is 1.47. The van der Waals surface area contributed by atoms with Gasteiger partial charge < -0.3 is 5.11 Å². The molecule has 2 nitrogen and oxygen atoms in total. The minimum Gasteiger partial charge on any atom is -0.386 e. The van der Waals surface area contributed by atoms with Crippen molar-refractivity contribution in [2.75, 3.05) is 0 Å². The summed E-state index contributed by atoms with van der Waals surface area (Å²) in [5.41, 5.74) is 7.29. The predicted molar refractivity (Wildman–Crippen MR) is 145 cm³/mol. The summed E-state index contributed by atoms with van der Waals surface area (Å²) in [4.78, 5) is 4.84. The van der Waals surface area contributed by atoms with Gasteiger partial charge in [0, 0.05) is 5.39 Å². The summed E-state index contributed by atoms with van der Waals surface area (Å²) in [6, 6.07) is 27.7. The average molecular weight is 450 g/mol. The van der Waals surface area contributed by atoms with Crippen molar-refractivity contribution in [1.82, 2.24) is 4.98 Å². The normalized spacial score (nSPS) is 13.0. The largest absolute Gasteiger partial charge is 0.386 e. The van der Waals surface area contributed by atoms with Gasteiger partial charge in [-0.25, -0.2) is 4.98 Å². The molecule has 0 spiro atoms. The third-order valence-corrected chi connectivity index (χ3v) is 6.64. The lowest BCUT2D eigenvalue weighted by Gasteiger charge is -2.22. The highest BCUT2D eigenvalue weighted by Crippen LogP contribution is 2.28. The van der Waals surface area contributed by atoms with Gasteiger partial charge in [0.1, 0.15) is 0 Å². The minimum absolute atomic E-state index is 0.425. The Hall–Kier alpha value is -3.23. The number of aryl methyl sites for hydroxylation is 2. The van der Waals surface area contributed by atoms with Crippen molar-refractivity contribution in [3.63, 3.8) is 0 Å². The van der Waals surface area contributed by atoms with Crippen molar-refractivity contribution in [2.24, 2.45) is 0 Å². The molecule has 0 aliphatic rings. The first-order valence-corrected chi connectivity index (χ1v) is 12.3. The lowest BCUT2D eigenvalue weighted by Crippen LogP contribution is -2.18. The van der Waals surface area contributed by atoms with Gasteiger partial charge in [-0.05, 0) is 85.1 Å². The summed E-state index contributed by atoms with van der Waals surface area (Å²) < 4.78 is 0. The van der Waals surface area contributed by atoms with E-state index in [9.17, 15) is 5.11 Å². The second-order valence-corrected chi connectivity index (χ2v) is 9.78. The maximum Gasteiger partial charge on any atom is 0.0843 e. The molecule has 4 rings (SSSR count). The highest BCUT2D eigenvalue weighted by Gasteiger charge is 2.19. The number of nitrogens with zero attached hydrogens (tertiary/aromatic N) is 1. The van der Waals surface area contributed by atoms with Crippen LogP contribution in [0.4, 0.5) is 0 Å². The van der Waals surface area contributed by atoms with Crippen LogP contribution in [0, 0.1) is 0 Å². The Morgan fingerprint density at radius 1 is 0.912 bits per heavy atom. The highest BCUT2D eigenvalue weighted by molar-refractivity contribution is 5.81. The maximum absolute atomic E-state index is 10.5. The van der Waals surface area contributed by atoms with Gasteiger partial charge >= 0.3 is 0 Å². The van der Waals surface area contributed by atoms with Crippen LogP contribution in [0.5, 0.6) is 0 Å². The number of pyridine rings is 1. The fourth-order valence-corrected chi connectivity index (χ4v) is 4.52. The van der Waals surface area contributed by atoms with E-state index >= 15 is 0 Å². The highest BCUT2D eigenvalue weighted by atomic mass is 16.3. The van der Waals surface area contributed by atoms with Crippen molar-refractivity contribution < 1.29 is 5.11 Å². The Labute approximate surface area is 204 Å². The van der Waals surface area contributed by atoms with Crippen molar-refractivity contribution in [2.45, 2.75) is 58.5 Å². The van der Waals surface area contributed by atoms with E-state index in [2.05, 4.69) is 92.7 Å². The second-order valence-electron chi connectivity index (χ2n) is 9.78. The number of fused-ring (bicyclic) bond motifs is 1. The standard InChI is InChI=1S/C32H35NO/c1-5-24-14-17-27-18-20-29(33-31(27)22-24)19-15-25-9-8-11-28(21-25)23(2)13-16-26-10-6-7-12-30(26)32(3,4)34/h6-12,14-15,17-23,34H,5,13,16H2,1-4H3/b19-15+/t23-/m0/s1. The molecule has 1 heterocycles. The first kappa shape index (κ1) is 23.9. The molecule has 0 saturated heterocycles. The van der Waals surface area contributed by atoms with Gasteiger partial charge in [-0.2, -0.15) is 0 Å². The molecule has 0 saturated carbocycles. The van der Waals surface area contributed by atoms with Crippen LogP contribution in [0.1, 0.15) is 73.5 Å². The molecule has 3 aromatic carbocycles. The third kappa shape index (κ3) is 5.81. The smallest absolute Gasteiger partial charge is 0.0843 e. The molecule has 1 atom stereocenters. The summed E-state index contributed by atoms with van der Waals surface area (Å²) in [6.45, 7) is 8.17. The van der Waals surface area contributed by atoms with Gasteiger partial charge in [0.2, 0.25) is 0 Å². The monoisotopic (exact) mass is 449 g/mol.